The first-order valence-corrected chi connectivity index (χ1v) is 14.2. The molecular formula is C31H41N3O2. The first-order valence-electron chi connectivity index (χ1n) is 14.2. The lowest BCUT2D eigenvalue weighted by Gasteiger charge is -2.35. The Morgan fingerprint density at radius 2 is 1.53 bits per heavy atom. The first kappa shape index (κ1) is 24.9. The lowest BCUT2D eigenvalue weighted by atomic mass is 9.89. The minimum Gasteiger partial charge on any atom is -0.371 e. The van der Waals surface area contributed by atoms with Gasteiger partial charge in [-0.15, -0.1) is 0 Å². The summed E-state index contributed by atoms with van der Waals surface area (Å²) >= 11 is 0. The fourth-order valence-electron chi connectivity index (χ4n) is 6.33. The van der Waals surface area contributed by atoms with Crippen molar-refractivity contribution in [3.8, 4) is 0 Å². The summed E-state index contributed by atoms with van der Waals surface area (Å²) in [5, 5.41) is 3.09. The van der Waals surface area contributed by atoms with Crippen LogP contribution in [0.5, 0.6) is 0 Å². The zero-order valence-electron chi connectivity index (χ0n) is 21.6. The van der Waals surface area contributed by atoms with Crippen LogP contribution in [0.15, 0.2) is 48.5 Å². The van der Waals surface area contributed by atoms with Gasteiger partial charge in [-0.2, -0.15) is 0 Å². The average Bonchev–Trinajstić information content (AvgIpc) is 3.63. The second kappa shape index (κ2) is 11.9. The standard InChI is InChI=1S/C31H41N3O2/c35-30(15-12-24-8-4-5-9-24)32-27-13-14-29(28(23-27)31(36)34-18-6-7-19-34)33-20-16-26(17-21-33)22-25-10-2-1-3-11-25/h1-3,10-11,13-14,23-24,26H,4-9,12,15-22H2,(H,32,35). The van der Waals surface area contributed by atoms with Crippen molar-refractivity contribution in [1.29, 1.82) is 0 Å². The lowest BCUT2D eigenvalue weighted by Crippen LogP contribution is -2.36. The Bertz CT molecular complexity index is 1020. The monoisotopic (exact) mass is 487 g/mol. The summed E-state index contributed by atoms with van der Waals surface area (Å²) in [6.07, 6.45) is 12.2. The molecule has 36 heavy (non-hydrogen) atoms. The predicted molar refractivity (Wildman–Crippen MR) is 146 cm³/mol. The van der Waals surface area contributed by atoms with E-state index in [1.54, 1.807) is 0 Å². The largest absolute Gasteiger partial charge is 0.371 e. The minimum atomic E-state index is 0.0657. The Balaban J connectivity index is 1.26. The number of hydrogen-bond acceptors (Lipinski definition) is 3. The van der Waals surface area contributed by atoms with Crippen LogP contribution in [0.25, 0.3) is 0 Å². The third-order valence-corrected chi connectivity index (χ3v) is 8.48. The summed E-state index contributed by atoms with van der Waals surface area (Å²) in [5.41, 5.74) is 3.92. The Labute approximate surface area is 216 Å². The Morgan fingerprint density at radius 3 is 2.25 bits per heavy atom. The Hall–Kier alpha value is -2.82. The fraction of sp³-hybridized carbons (Fsp3) is 0.548. The van der Waals surface area contributed by atoms with Crippen molar-refractivity contribution in [2.45, 2.75) is 70.6 Å². The Kier molecular flexibility index (Phi) is 8.25. The van der Waals surface area contributed by atoms with E-state index in [1.807, 2.05) is 17.0 Å². The van der Waals surface area contributed by atoms with E-state index >= 15 is 0 Å². The minimum absolute atomic E-state index is 0.0657. The lowest BCUT2D eigenvalue weighted by molar-refractivity contribution is -0.116. The van der Waals surface area contributed by atoms with E-state index in [4.69, 9.17) is 0 Å². The van der Waals surface area contributed by atoms with Gasteiger partial charge in [0.2, 0.25) is 5.91 Å². The topological polar surface area (TPSA) is 52.7 Å². The van der Waals surface area contributed by atoms with Crippen LogP contribution < -0.4 is 10.2 Å². The van der Waals surface area contributed by atoms with Crippen molar-refractivity contribution in [3.05, 3.63) is 59.7 Å². The van der Waals surface area contributed by atoms with Gasteiger partial charge < -0.3 is 15.1 Å². The number of piperidine rings is 1. The zero-order valence-corrected chi connectivity index (χ0v) is 21.6. The van der Waals surface area contributed by atoms with Gasteiger partial charge in [-0.25, -0.2) is 0 Å². The summed E-state index contributed by atoms with van der Waals surface area (Å²) in [7, 11) is 0. The van der Waals surface area contributed by atoms with E-state index in [1.165, 1.54) is 31.2 Å². The van der Waals surface area contributed by atoms with Gasteiger partial charge in [-0.3, -0.25) is 9.59 Å². The predicted octanol–water partition coefficient (Wildman–Crippen LogP) is 6.29. The molecule has 0 atom stereocenters. The van der Waals surface area contributed by atoms with Crippen molar-refractivity contribution in [2.24, 2.45) is 11.8 Å². The van der Waals surface area contributed by atoms with Crippen molar-refractivity contribution in [1.82, 2.24) is 4.90 Å². The smallest absolute Gasteiger partial charge is 0.256 e. The molecule has 2 saturated heterocycles. The van der Waals surface area contributed by atoms with Gasteiger partial charge in [-0.1, -0.05) is 56.0 Å². The van der Waals surface area contributed by atoms with Crippen LogP contribution in [0.4, 0.5) is 11.4 Å². The fourth-order valence-corrected chi connectivity index (χ4v) is 6.33. The summed E-state index contributed by atoms with van der Waals surface area (Å²) < 4.78 is 0. The molecule has 2 aliphatic heterocycles. The SMILES string of the molecule is O=C(CCC1CCCC1)Nc1ccc(N2CCC(Cc3ccccc3)CC2)c(C(=O)N2CCCC2)c1. The van der Waals surface area contributed by atoms with Gasteiger partial charge in [0.05, 0.1) is 5.56 Å². The van der Waals surface area contributed by atoms with Crippen LogP contribution in [-0.4, -0.2) is 42.9 Å². The number of nitrogens with zero attached hydrogens (tertiary/aromatic N) is 2. The number of carbonyl (C=O) groups is 2. The van der Waals surface area contributed by atoms with Gasteiger partial charge >= 0.3 is 0 Å². The van der Waals surface area contributed by atoms with Crippen LogP contribution in [0.1, 0.15) is 80.1 Å². The zero-order chi connectivity index (χ0) is 24.7. The van der Waals surface area contributed by atoms with Crippen LogP contribution in [-0.2, 0) is 11.2 Å². The number of rotatable bonds is 8. The molecule has 1 saturated carbocycles. The third-order valence-electron chi connectivity index (χ3n) is 8.48. The summed E-state index contributed by atoms with van der Waals surface area (Å²) in [5.74, 6) is 1.56. The second-order valence-corrected chi connectivity index (χ2v) is 11.1. The van der Waals surface area contributed by atoms with E-state index in [9.17, 15) is 9.59 Å². The van der Waals surface area contributed by atoms with Gasteiger partial charge in [0.15, 0.2) is 0 Å². The number of likely N-dealkylation sites (tertiary alicyclic amines) is 1. The molecule has 2 aromatic rings. The molecule has 0 aromatic heterocycles. The van der Waals surface area contributed by atoms with Crippen LogP contribution >= 0.6 is 0 Å². The van der Waals surface area contributed by atoms with E-state index in [0.29, 0.717) is 18.3 Å². The summed E-state index contributed by atoms with van der Waals surface area (Å²) in [4.78, 5) is 30.6. The van der Waals surface area contributed by atoms with E-state index in [0.717, 1.165) is 81.6 Å². The normalized spacial score (nSPS) is 19.1. The molecule has 0 unspecified atom stereocenters. The number of carbonyl (C=O) groups excluding carboxylic acids is 2. The Morgan fingerprint density at radius 1 is 0.806 bits per heavy atom. The first-order chi connectivity index (χ1) is 17.7. The van der Waals surface area contributed by atoms with Crippen LogP contribution in [0.3, 0.4) is 0 Å². The quantitative estimate of drug-likeness (QED) is 0.476. The van der Waals surface area contributed by atoms with Crippen molar-refractivity contribution in [2.75, 3.05) is 36.4 Å². The maximum absolute atomic E-state index is 13.5. The highest BCUT2D eigenvalue weighted by Gasteiger charge is 2.27. The molecule has 2 amide bonds. The van der Waals surface area contributed by atoms with E-state index in [2.05, 4.69) is 46.6 Å². The highest BCUT2D eigenvalue weighted by molar-refractivity contribution is 6.02. The molecule has 5 nitrogen and oxygen atoms in total. The van der Waals surface area contributed by atoms with Crippen LogP contribution in [0.2, 0.25) is 0 Å². The third kappa shape index (κ3) is 6.29. The molecule has 0 bridgehead atoms. The highest BCUT2D eigenvalue weighted by Crippen LogP contribution is 2.32. The maximum atomic E-state index is 13.5. The van der Waals surface area contributed by atoms with Crippen molar-refractivity contribution >= 4 is 23.2 Å². The molecule has 1 aliphatic carbocycles. The van der Waals surface area contributed by atoms with Gasteiger partial charge in [0.1, 0.15) is 0 Å². The summed E-state index contributed by atoms with van der Waals surface area (Å²) in [6, 6.07) is 16.7. The number of benzene rings is 2. The molecule has 0 spiro atoms. The molecule has 3 aliphatic rings. The molecule has 3 fully saturated rings. The summed E-state index contributed by atoms with van der Waals surface area (Å²) in [6.45, 7) is 3.58. The van der Waals surface area contributed by atoms with Gasteiger partial charge in [0, 0.05) is 44.0 Å². The molecule has 5 rings (SSSR count). The number of anilines is 2. The average molecular weight is 488 g/mol. The molecule has 1 N–H and O–H groups in total. The number of amides is 2. The molecule has 5 heteroatoms. The molecular weight excluding hydrogens is 446 g/mol. The van der Waals surface area contributed by atoms with Crippen molar-refractivity contribution in [3.63, 3.8) is 0 Å². The van der Waals surface area contributed by atoms with E-state index in [-0.39, 0.29) is 11.8 Å². The van der Waals surface area contributed by atoms with Crippen molar-refractivity contribution < 1.29 is 9.59 Å². The number of hydrogen-bond donors (Lipinski definition) is 1. The van der Waals surface area contributed by atoms with Gasteiger partial charge in [0.25, 0.3) is 5.91 Å². The van der Waals surface area contributed by atoms with E-state index < -0.39 is 0 Å². The highest BCUT2D eigenvalue weighted by atomic mass is 16.2. The molecule has 2 heterocycles. The number of nitrogens with one attached hydrogen (secondary N) is 1. The maximum Gasteiger partial charge on any atom is 0.256 e. The van der Waals surface area contributed by atoms with Gasteiger partial charge in [-0.05, 0) is 74.1 Å². The molecule has 2 aromatic carbocycles. The molecule has 192 valence electrons. The van der Waals surface area contributed by atoms with Crippen LogP contribution in [0, 0.1) is 11.8 Å². The molecule has 0 radical (unpaired) electrons. The second-order valence-electron chi connectivity index (χ2n) is 11.1.